The fourth-order valence-electron chi connectivity index (χ4n) is 1.77. The van der Waals surface area contributed by atoms with Crippen LogP contribution in [0.2, 0.25) is 0 Å². The van der Waals surface area contributed by atoms with Crippen LogP contribution in [-0.4, -0.2) is 20.1 Å². The van der Waals surface area contributed by atoms with E-state index in [1.807, 2.05) is 32.9 Å². The molecule has 0 spiro atoms. The maximum Gasteiger partial charge on any atom is 0.269 e. The van der Waals surface area contributed by atoms with Gasteiger partial charge in [-0.05, 0) is 19.1 Å². The summed E-state index contributed by atoms with van der Waals surface area (Å²) in [6.07, 6.45) is 3.55. The molecule has 0 saturated heterocycles. The standard InChI is InChI=1S/C14H14N4OS/c1-8(2)12-17-13(19-18-12)11-9(3)16-14(20-11)10-5-4-6-15-7-10/h4-8H,1-3H3. The van der Waals surface area contributed by atoms with Gasteiger partial charge in [0.2, 0.25) is 0 Å². The molecule has 3 rings (SSSR count). The highest BCUT2D eigenvalue weighted by atomic mass is 32.1. The van der Waals surface area contributed by atoms with Crippen molar-refractivity contribution in [3.05, 3.63) is 36.0 Å². The minimum absolute atomic E-state index is 0.249. The van der Waals surface area contributed by atoms with Crippen LogP contribution in [0.15, 0.2) is 29.0 Å². The molecule has 0 saturated carbocycles. The maximum absolute atomic E-state index is 5.34. The van der Waals surface area contributed by atoms with Gasteiger partial charge in [-0.2, -0.15) is 4.98 Å². The van der Waals surface area contributed by atoms with Crippen LogP contribution < -0.4 is 0 Å². The molecule has 3 heterocycles. The van der Waals surface area contributed by atoms with Crippen molar-refractivity contribution in [3.63, 3.8) is 0 Å². The Bertz CT molecular complexity index is 718. The smallest absolute Gasteiger partial charge is 0.269 e. The van der Waals surface area contributed by atoms with Crippen LogP contribution in [0.4, 0.5) is 0 Å². The second kappa shape index (κ2) is 5.13. The fourth-order valence-corrected chi connectivity index (χ4v) is 2.75. The molecule has 0 atom stereocenters. The molecule has 0 amide bonds. The fraction of sp³-hybridized carbons (Fsp3) is 0.286. The summed E-state index contributed by atoms with van der Waals surface area (Å²) in [5, 5.41) is 4.91. The molecule has 3 aromatic heterocycles. The lowest BCUT2D eigenvalue weighted by molar-refractivity contribution is 0.420. The van der Waals surface area contributed by atoms with Crippen molar-refractivity contribution in [2.24, 2.45) is 0 Å². The zero-order valence-electron chi connectivity index (χ0n) is 11.5. The molecule has 0 bridgehead atoms. The molecule has 0 radical (unpaired) electrons. The van der Waals surface area contributed by atoms with Crippen molar-refractivity contribution in [1.82, 2.24) is 20.1 Å². The van der Waals surface area contributed by atoms with Gasteiger partial charge in [-0.1, -0.05) is 19.0 Å². The first-order valence-electron chi connectivity index (χ1n) is 6.37. The molecule has 0 aromatic carbocycles. The number of aryl methyl sites for hydroxylation is 1. The van der Waals surface area contributed by atoms with Crippen molar-refractivity contribution < 1.29 is 4.52 Å². The van der Waals surface area contributed by atoms with E-state index < -0.39 is 0 Å². The van der Waals surface area contributed by atoms with Gasteiger partial charge >= 0.3 is 0 Å². The highest BCUT2D eigenvalue weighted by Gasteiger charge is 2.18. The maximum atomic E-state index is 5.34. The molecule has 0 unspecified atom stereocenters. The van der Waals surface area contributed by atoms with Gasteiger partial charge in [0, 0.05) is 23.9 Å². The highest BCUT2D eigenvalue weighted by molar-refractivity contribution is 7.18. The Kier molecular flexibility index (Phi) is 3.31. The SMILES string of the molecule is Cc1nc(-c2cccnc2)sc1-c1nc(C(C)C)no1. The molecule has 3 aromatic rings. The Morgan fingerprint density at radius 3 is 2.75 bits per heavy atom. The predicted octanol–water partition coefficient (Wildman–Crippen LogP) is 3.69. The Morgan fingerprint density at radius 2 is 2.10 bits per heavy atom. The van der Waals surface area contributed by atoms with Crippen molar-refractivity contribution >= 4 is 11.3 Å². The van der Waals surface area contributed by atoms with E-state index in [1.54, 1.807) is 23.7 Å². The van der Waals surface area contributed by atoms with Gasteiger partial charge in [0.25, 0.3) is 5.89 Å². The summed E-state index contributed by atoms with van der Waals surface area (Å²) in [7, 11) is 0. The normalized spacial score (nSPS) is 11.2. The van der Waals surface area contributed by atoms with Gasteiger partial charge in [0.1, 0.15) is 9.88 Å². The quantitative estimate of drug-likeness (QED) is 0.734. The van der Waals surface area contributed by atoms with Gasteiger partial charge in [0.05, 0.1) is 5.69 Å². The minimum Gasteiger partial charge on any atom is -0.333 e. The average molecular weight is 286 g/mol. The first-order valence-corrected chi connectivity index (χ1v) is 7.18. The predicted molar refractivity (Wildman–Crippen MR) is 77.5 cm³/mol. The summed E-state index contributed by atoms with van der Waals surface area (Å²) in [6, 6.07) is 3.89. The molecule has 0 aliphatic heterocycles. The third-order valence-electron chi connectivity index (χ3n) is 2.86. The number of hydrogen-bond donors (Lipinski definition) is 0. The third kappa shape index (κ3) is 2.34. The summed E-state index contributed by atoms with van der Waals surface area (Å²) in [6.45, 7) is 6.02. The molecule has 0 fully saturated rings. The van der Waals surface area contributed by atoms with E-state index in [0.717, 1.165) is 27.0 Å². The molecule has 20 heavy (non-hydrogen) atoms. The van der Waals surface area contributed by atoms with Crippen molar-refractivity contribution in [1.29, 1.82) is 0 Å². The van der Waals surface area contributed by atoms with E-state index >= 15 is 0 Å². The zero-order chi connectivity index (χ0) is 14.1. The minimum atomic E-state index is 0.249. The number of pyridine rings is 1. The number of rotatable bonds is 3. The van der Waals surface area contributed by atoms with Crippen LogP contribution in [0, 0.1) is 6.92 Å². The summed E-state index contributed by atoms with van der Waals surface area (Å²) >= 11 is 1.54. The number of nitrogens with zero attached hydrogens (tertiary/aromatic N) is 4. The molecule has 0 aliphatic rings. The van der Waals surface area contributed by atoms with Gasteiger partial charge in [-0.25, -0.2) is 4.98 Å². The summed E-state index contributed by atoms with van der Waals surface area (Å²) < 4.78 is 5.34. The number of thiazole rings is 1. The van der Waals surface area contributed by atoms with Crippen molar-refractivity contribution in [3.8, 4) is 21.3 Å². The molecular weight excluding hydrogens is 272 g/mol. The van der Waals surface area contributed by atoms with E-state index in [9.17, 15) is 0 Å². The van der Waals surface area contributed by atoms with E-state index in [2.05, 4.69) is 20.1 Å². The monoisotopic (exact) mass is 286 g/mol. The highest BCUT2D eigenvalue weighted by Crippen LogP contribution is 2.34. The van der Waals surface area contributed by atoms with Crippen LogP contribution in [-0.2, 0) is 0 Å². The number of aromatic nitrogens is 4. The third-order valence-corrected chi connectivity index (χ3v) is 4.05. The largest absolute Gasteiger partial charge is 0.333 e. The van der Waals surface area contributed by atoms with Crippen LogP contribution in [0.25, 0.3) is 21.3 Å². The first kappa shape index (κ1) is 12.9. The molecule has 102 valence electrons. The van der Waals surface area contributed by atoms with Crippen LogP contribution in [0.1, 0.15) is 31.3 Å². The average Bonchev–Trinajstić information content (AvgIpc) is 3.06. The first-order chi connectivity index (χ1) is 9.65. The van der Waals surface area contributed by atoms with Gasteiger partial charge in [-0.15, -0.1) is 11.3 Å². The lowest BCUT2D eigenvalue weighted by Crippen LogP contribution is -1.89. The van der Waals surface area contributed by atoms with Crippen LogP contribution in [0.5, 0.6) is 0 Å². The summed E-state index contributed by atoms with van der Waals surface area (Å²) in [5.41, 5.74) is 1.89. The van der Waals surface area contributed by atoms with Crippen LogP contribution >= 0.6 is 11.3 Å². The molecule has 0 aliphatic carbocycles. The Hall–Kier alpha value is -2.08. The van der Waals surface area contributed by atoms with E-state index in [4.69, 9.17) is 4.52 Å². The van der Waals surface area contributed by atoms with Gasteiger partial charge < -0.3 is 4.52 Å². The Morgan fingerprint density at radius 1 is 1.25 bits per heavy atom. The Balaban J connectivity index is 2.00. The van der Waals surface area contributed by atoms with Gasteiger partial charge in [0.15, 0.2) is 5.82 Å². The van der Waals surface area contributed by atoms with E-state index in [0.29, 0.717) is 5.89 Å². The Labute approximate surface area is 120 Å². The topological polar surface area (TPSA) is 64.7 Å². The summed E-state index contributed by atoms with van der Waals surface area (Å²) in [5.74, 6) is 1.51. The lowest BCUT2D eigenvalue weighted by Gasteiger charge is -1.92. The van der Waals surface area contributed by atoms with E-state index in [-0.39, 0.29) is 5.92 Å². The second-order valence-electron chi connectivity index (χ2n) is 4.79. The molecular formula is C14H14N4OS. The van der Waals surface area contributed by atoms with Crippen LogP contribution in [0.3, 0.4) is 0 Å². The second-order valence-corrected chi connectivity index (χ2v) is 5.79. The number of hydrogen-bond acceptors (Lipinski definition) is 6. The molecule has 5 nitrogen and oxygen atoms in total. The zero-order valence-corrected chi connectivity index (χ0v) is 12.3. The molecule has 0 N–H and O–H groups in total. The van der Waals surface area contributed by atoms with E-state index in [1.165, 1.54) is 0 Å². The van der Waals surface area contributed by atoms with Crippen molar-refractivity contribution in [2.45, 2.75) is 26.7 Å². The molecule has 6 heteroatoms. The van der Waals surface area contributed by atoms with Crippen molar-refractivity contribution in [2.75, 3.05) is 0 Å². The van der Waals surface area contributed by atoms with Gasteiger partial charge in [-0.3, -0.25) is 4.98 Å². The summed E-state index contributed by atoms with van der Waals surface area (Å²) in [4.78, 5) is 14.0. The lowest BCUT2D eigenvalue weighted by atomic mass is 10.2.